The van der Waals surface area contributed by atoms with E-state index in [0.29, 0.717) is 16.1 Å². The third-order valence-corrected chi connectivity index (χ3v) is 5.59. The molecule has 1 atom stereocenters. The molecule has 2 aromatic carbocycles. The predicted molar refractivity (Wildman–Crippen MR) is 87.7 cm³/mol. The maximum Gasteiger partial charge on any atom is 0.335 e. The predicted octanol–water partition coefficient (Wildman–Crippen LogP) is 2.23. The number of aryl methyl sites for hydroxylation is 1. The van der Waals surface area contributed by atoms with Gasteiger partial charge in [0.1, 0.15) is 0 Å². The van der Waals surface area contributed by atoms with Crippen molar-refractivity contribution in [2.75, 3.05) is 11.0 Å². The molecule has 2 rings (SSSR count). The number of carboxylic acids is 1. The van der Waals surface area contributed by atoms with Crippen LogP contribution in [0.4, 0.5) is 5.69 Å². The van der Waals surface area contributed by atoms with Crippen LogP contribution < -0.4 is 4.72 Å². The molecule has 0 amide bonds. The molecule has 0 heterocycles. The minimum absolute atomic E-state index is 0.00877. The topological polar surface area (TPSA) is 101 Å². The van der Waals surface area contributed by atoms with Gasteiger partial charge in [-0.05, 0) is 48.9 Å². The fraction of sp³-hybridized carbons (Fsp3) is 0.133. The SMILES string of the molecule is Cc1cc(C(=O)O)ccc1S(=O)(=O)Nc1cccc([S@](C)=O)c1. The van der Waals surface area contributed by atoms with Crippen molar-refractivity contribution >= 4 is 32.5 Å². The van der Waals surface area contributed by atoms with Crippen molar-refractivity contribution in [1.82, 2.24) is 0 Å². The van der Waals surface area contributed by atoms with Crippen molar-refractivity contribution in [2.45, 2.75) is 16.7 Å². The molecule has 8 heteroatoms. The molecular formula is C15H15NO5S2. The lowest BCUT2D eigenvalue weighted by molar-refractivity contribution is 0.0696. The first-order valence-corrected chi connectivity index (χ1v) is 9.55. The molecule has 0 aromatic heterocycles. The summed E-state index contributed by atoms with van der Waals surface area (Å²) >= 11 is 0. The van der Waals surface area contributed by atoms with Crippen LogP contribution in [-0.4, -0.2) is 30.0 Å². The maximum absolute atomic E-state index is 12.5. The summed E-state index contributed by atoms with van der Waals surface area (Å²) in [6.45, 7) is 1.53. The highest BCUT2D eigenvalue weighted by molar-refractivity contribution is 7.92. The zero-order valence-electron chi connectivity index (χ0n) is 12.4. The molecule has 0 saturated carbocycles. The van der Waals surface area contributed by atoms with E-state index >= 15 is 0 Å². The molecule has 0 aliphatic rings. The van der Waals surface area contributed by atoms with E-state index in [4.69, 9.17) is 5.11 Å². The molecule has 0 unspecified atom stereocenters. The maximum atomic E-state index is 12.5. The van der Waals surface area contributed by atoms with Gasteiger partial charge >= 0.3 is 5.97 Å². The van der Waals surface area contributed by atoms with Crippen LogP contribution in [0.25, 0.3) is 0 Å². The van der Waals surface area contributed by atoms with Crippen molar-refractivity contribution < 1.29 is 22.5 Å². The number of anilines is 1. The molecule has 0 saturated heterocycles. The lowest BCUT2D eigenvalue weighted by atomic mass is 10.1. The van der Waals surface area contributed by atoms with E-state index in [2.05, 4.69) is 4.72 Å². The summed E-state index contributed by atoms with van der Waals surface area (Å²) < 4.78 is 38.8. The average Bonchev–Trinajstić information content (AvgIpc) is 2.46. The van der Waals surface area contributed by atoms with E-state index in [-0.39, 0.29) is 10.5 Å². The van der Waals surface area contributed by atoms with Gasteiger partial charge in [-0.3, -0.25) is 8.93 Å². The molecule has 2 aromatic rings. The summed E-state index contributed by atoms with van der Waals surface area (Å²) in [5, 5.41) is 8.93. The quantitative estimate of drug-likeness (QED) is 0.858. The van der Waals surface area contributed by atoms with Gasteiger partial charge in [-0.1, -0.05) is 6.07 Å². The van der Waals surface area contributed by atoms with E-state index in [1.165, 1.54) is 37.4 Å². The Bertz CT molecular complexity index is 890. The smallest absolute Gasteiger partial charge is 0.335 e. The third kappa shape index (κ3) is 3.96. The molecule has 122 valence electrons. The van der Waals surface area contributed by atoms with Gasteiger partial charge in [0.25, 0.3) is 10.0 Å². The number of carboxylic acid groups (broad SMARTS) is 1. The summed E-state index contributed by atoms with van der Waals surface area (Å²) in [5.41, 5.74) is 0.636. The van der Waals surface area contributed by atoms with Crippen LogP contribution in [0.1, 0.15) is 15.9 Å². The average molecular weight is 353 g/mol. The minimum Gasteiger partial charge on any atom is -0.478 e. The van der Waals surface area contributed by atoms with E-state index in [1.807, 2.05) is 0 Å². The first-order chi connectivity index (χ1) is 10.7. The number of benzene rings is 2. The molecule has 2 N–H and O–H groups in total. The molecule has 6 nitrogen and oxygen atoms in total. The van der Waals surface area contributed by atoms with Crippen molar-refractivity contribution in [2.24, 2.45) is 0 Å². The van der Waals surface area contributed by atoms with Crippen LogP contribution in [0.2, 0.25) is 0 Å². The van der Waals surface area contributed by atoms with Crippen LogP contribution in [0.5, 0.6) is 0 Å². The van der Waals surface area contributed by atoms with Crippen LogP contribution >= 0.6 is 0 Å². The van der Waals surface area contributed by atoms with E-state index in [1.54, 1.807) is 18.2 Å². The highest BCUT2D eigenvalue weighted by atomic mass is 32.2. The standard InChI is InChI=1S/C15H15NO5S2/c1-10-8-11(15(17)18)6-7-14(10)23(20,21)16-12-4-3-5-13(9-12)22(2)19/h3-9,16H,1-2H3,(H,17,18)/t22-/m0/s1. The van der Waals surface area contributed by atoms with Gasteiger partial charge in [-0.2, -0.15) is 0 Å². The van der Waals surface area contributed by atoms with E-state index < -0.39 is 26.8 Å². The van der Waals surface area contributed by atoms with Gasteiger partial charge in [0.05, 0.1) is 16.1 Å². The largest absolute Gasteiger partial charge is 0.478 e. The van der Waals surface area contributed by atoms with Crippen molar-refractivity contribution in [3.63, 3.8) is 0 Å². The Morgan fingerprint density at radius 1 is 1.17 bits per heavy atom. The zero-order chi connectivity index (χ0) is 17.2. The highest BCUT2D eigenvalue weighted by Crippen LogP contribution is 2.22. The Balaban J connectivity index is 2.38. The van der Waals surface area contributed by atoms with E-state index in [9.17, 15) is 17.4 Å². The second-order valence-electron chi connectivity index (χ2n) is 4.87. The number of hydrogen-bond acceptors (Lipinski definition) is 4. The normalized spacial score (nSPS) is 12.6. The highest BCUT2D eigenvalue weighted by Gasteiger charge is 2.18. The van der Waals surface area contributed by atoms with Gasteiger partial charge in [0.15, 0.2) is 0 Å². The Labute approximate surface area is 136 Å². The monoisotopic (exact) mass is 353 g/mol. The second kappa shape index (κ2) is 6.51. The number of nitrogens with one attached hydrogen (secondary N) is 1. The number of rotatable bonds is 5. The molecule has 0 aliphatic carbocycles. The number of hydrogen-bond donors (Lipinski definition) is 2. The first-order valence-electron chi connectivity index (χ1n) is 6.51. The second-order valence-corrected chi connectivity index (χ2v) is 7.90. The number of sulfonamides is 1. The summed E-state index contributed by atoms with van der Waals surface area (Å²) in [6.07, 6.45) is 1.50. The Hall–Kier alpha value is -2.19. The van der Waals surface area contributed by atoms with Gasteiger partial charge in [0.2, 0.25) is 0 Å². The molecule has 0 radical (unpaired) electrons. The van der Waals surface area contributed by atoms with Gasteiger partial charge < -0.3 is 5.11 Å². The van der Waals surface area contributed by atoms with Crippen LogP contribution in [0.15, 0.2) is 52.3 Å². The van der Waals surface area contributed by atoms with Crippen molar-refractivity contribution in [3.8, 4) is 0 Å². The molecule has 0 aliphatic heterocycles. The summed E-state index contributed by atoms with van der Waals surface area (Å²) in [6, 6.07) is 10.1. The van der Waals surface area contributed by atoms with Crippen molar-refractivity contribution in [1.29, 1.82) is 0 Å². The van der Waals surface area contributed by atoms with Crippen LogP contribution in [-0.2, 0) is 20.8 Å². The third-order valence-electron chi connectivity index (χ3n) is 3.13. The molecule has 0 fully saturated rings. The summed E-state index contributed by atoms with van der Waals surface area (Å²) in [5.74, 6) is -1.12. The zero-order valence-corrected chi connectivity index (χ0v) is 14.1. The van der Waals surface area contributed by atoms with Crippen LogP contribution in [0.3, 0.4) is 0 Å². The lowest BCUT2D eigenvalue weighted by Gasteiger charge is -2.11. The Morgan fingerprint density at radius 2 is 1.87 bits per heavy atom. The number of aromatic carboxylic acids is 1. The first kappa shape index (κ1) is 17.2. The van der Waals surface area contributed by atoms with Crippen LogP contribution in [0, 0.1) is 6.92 Å². The minimum atomic E-state index is -3.87. The summed E-state index contributed by atoms with van der Waals surface area (Å²) in [7, 11) is -5.10. The van der Waals surface area contributed by atoms with Gasteiger partial charge in [0, 0.05) is 22.0 Å². The fourth-order valence-corrected chi connectivity index (χ4v) is 3.87. The molecule has 0 bridgehead atoms. The molecule has 23 heavy (non-hydrogen) atoms. The number of carbonyl (C=O) groups is 1. The lowest BCUT2D eigenvalue weighted by Crippen LogP contribution is -2.15. The Kier molecular flexibility index (Phi) is 4.86. The summed E-state index contributed by atoms with van der Waals surface area (Å²) in [4.78, 5) is 11.4. The Morgan fingerprint density at radius 3 is 2.43 bits per heavy atom. The molecular weight excluding hydrogens is 338 g/mol. The van der Waals surface area contributed by atoms with Gasteiger partial charge in [-0.15, -0.1) is 0 Å². The van der Waals surface area contributed by atoms with Crippen molar-refractivity contribution in [3.05, 3.63) is 53.6 Å². The van der Waals surface area contributed by atoms with E-state index in [0.717, 1.165) is 0 Å². The molecule has 0 spiro atoms. The fourth-order valence-electron chi connectivity index (χ4n) is 2.03. The van der Waals surface area contributed by atoms with Gasteiger partial charge in [-0.25, -0.2) is 13.2 Å².